The number of para-hydroxylation sites is 1. The molecule has 0 fully saturated rings. The van der Waals surface area contributed by atoms with E-state index in [1.165, 1.54) is 12.1 Å². The summed E-state index contributed by atoms with van der Waals surface area (Å²) in [4.78, 5) is 27.5. The monoisotopic (exact) mass is 353 g/mol. The number of carbonyl (C=O) groups is 1. The van der Waals surface area contributed by atoms with Crippen molar-refractivity contribution < 1.29 is 19.7 Å². The van der Waals surface area contributed by atoms with Crippen molar-refractivity contribution in [1.29, 1.82) is 0 Å². The van der Waals surface area contributed by atoms with E-state index in [9.17, 15) is 19.8 Å². The summed E-state index contributed by atoms with van der Waals surface area (Å²) < 4.78 is 5.02. The molecule has 1 unspecified atom stereocenters. The highest BCUT2D eigenvalue weighted by Gasteiger charge is 2.26. The van der Waals surface area contributed by atoms with E-state index in [4.69, 9.17) is 4.74 Å². The molecule has 3 rings (SSSR count). The van der Waals surface area contributed by atoms with Crippen LogP contribution in [0.4, 0.5) is 0 Å². The third kappa shape index (κ3) is 3.39. The largest absolute Gasteiger partial charge is 0.508 e. The second-order valence-corrected chi connectivity index (χ2v) is 5.92. The fourth-order valence-corrected chi connectivity index (χ4v) is 3.08. The van der Waals surface area contributed by atoms with E-state index in [2.05, 4.69) is 4.98 Å². The van der Waals surface area contributed by atoms with Gasteiger partial charge in [-0.25, -0.2) is 0 Å². The van der Waals surface area contributed by atoms with Gasteiger partial charge >= 0.3 is 5.97 Å². The summed E-state index contributed by atoms with van der Waals surface area (Å²) in [7, 11) is 0. The number of esters is 1. The Balaban J connectivity index is 2.20. The first kappa shape index (κ1) is 17.5. The number of hydrogen-bond donors (Lipinski definition) is 3. The predicted molar refractivity (Wildman–Crippen MR) is 97.4 cm³/mol. The Kier molecular flexibility index (Phi) is 4.93. The molecular formula is C20H19NO5. The molecule has 0 aliphatic rings. The zero-order chi connectivity index (χ0) is 18.7. The Morgan fingerprint density at radius 3 is 2.65 bits per heavy atom. The average molecular weight is 353 g/mol. The quantitative estimate of drug-likeness (QED) is 0.612. The van der Waals surface area contributed by atoms with E-state index >= 15 is 0 Å². The van der Waals surface area contributed by atoms with Crippen molar-refractivity contribution in [2.75, 3.05) is 6.61 Å². The number of fused-ring (bicyclic) bond motifs is 1. The minimum atomic E-state index is -0.755. The lowest BCUT2D eigenvalue weighted by atomic mass is 9.87. The maximum absolute atomic E-state index is 12.7. The third-order valence-electron chi connectivity index (χ3n) is 4.23. The number of nitrogens with one attached hydrogen (secondary N) is 1. The van der Waals surface area contributed by atoms with Gasteiger partial charge in [-0.2, -0.15) is 0 Å². The summed E-state index contributed by atoms with van der Waals surface area (Å²) >= 11 is 0. The summed E-state index contributed by atoms with van der Waals surface area (Å²) in [5.74, 6) is -1.42. The molecular weight excluding hydrogens is 334 g/mol. The highest BCUT2D eigenvalue weighted by Crippen LogP contribution is 2.36. The van der Waals surface area contributed by atoms with Crippen molar-refractivity contribution in [3.05, 3.63) is 70.0 Å². The highest BCUT2D eigenvalue weighted by atomic mass is 16.5. The minimum absolute atomic E-state index is 0.00747. The molecule has 1 atom stereocenters. The van der Waals surface area contributed by atoms with E-state index in [0.717, 1.165) is 0 Å². The fourth-order valence-electron chi connectivity index (χ4n) is 3.08. The number of aromatic hydroxyl groups is 2. The lowest BCUT2D eigenvalue weighted by Gasteiger charge is -2.18. The van der Waals surface area contributed by atoms with E-state index in [0.29, 0.717) is 16.5 Å². The molecule has 3 N–H and O–H groups in total. The van der Waals surface area contributed by atoms with Gasteiger partial charge in [0, 0.05) is 11.3 Å². The van der Waals surface area contributed by atoms with E-state index in [1.54, 1.807) is 43.3 Å². The normalized spacial score (nSPS) is 12.0. The number of phenols is 1. The Labute approximate surface area is 149 Å². The Hall–Kier alpha value is -3.28. The first-order valence-corrected chi connectivity index (χ1v) is 8.29. The number of carbonyl (C=O) groups excluding carboxylic acids is 1. The SMILES string of the molecule is CCOC(=O)CC(c1cccc(O)c1)c1c(O)c2ccccc2[nH]c1=O. The van der Waals surface area contributed by atoms with Crippen LogP contribution < -0.4 is 5.56 Å². The lowest BCUT2D eigenvalue weighted by Crippen LogP contribution is -2.20. The van der Waals surface area contributed by atoms with Crippen molar-refractivity contribution in [3.8, 4) is 11.5 Å². The van der Waals surface area contributed by atoms with Crippen molar-refractivity contribution in [2.45, 2.75) is 19.3 Å². The number of ether oxygens (including phenoxy) is 1. The van der Waals surface area contributed by atoms with Crippen molar-refractivity contribution in [2.24, 2.45) is 0 Å². The van der Waals surface area contributed by atoms with Gasteiger partial charge < -0.3 is 19.9 Å². The van der Waals surface area contributed by atoms with E-state index < -0.39 is 17.4 Å². The number of aromatic amines is 1. The van der Waals surface area contributed by atoms with Crippen LogP contribution in [-0.2, 0) is 9.53 Å². The zero-order valence-corrected chi connectivity index (χ0v) is 14.2. The molecule has 134 valence electrons. The van der Waals surface area contributed by atoms with E-state index in [-0.39, 0.29) is 30.1 Å². The topological polar surface area (TPSA) is 99.6 Å². The van der Waals surface area contributed by atoms with Crippen LogP contribution >= 0.6 is 0 Å². The number of benzene rings is 2. The smallest absolute Gasteiger partial charge is 0.306 e. The summed E-state index contributed by atoms with van der Waals surface area (Å²) in [5.41, 5.74) is 0.625. The second-order valence-electron chi connectivity index (χ2n) is 5.92. The van der Waals surface area contributed by atoms with Crippen LogP contribution in [0.5, 0.6) is 11.5 Å². The summed E-state index contributed by atoms with van der Waals surface area (Å²) in [6.07, 6.45) is -0.133. The molecule has 0 aliphatic heterocycles. The number of hydrogen-bond acceptors (Lipinski definition) is 5. The van der Waals surface area contributed by atoms with Gasteiger partial charge in [-0.05, 0) is 36.8 Å². The van der Waals surface area contributed by atoms with Crippen LogP contribution in [0.1, 0.15) is 30.4 Å². The molecule has 0 bridgehead atoms. The fraction of sp³-hybridized carbons (Fsp3) is 0.200. The van der Waals surface area contributed by atoms with Gasteiger partial charge in [0.1, 0.15) is 11.5 Å². The van der Waals surface area contributed by atoms with Gasteiger partial charge in [-0.1, -0.05) is 24.3 Å². The van der Waals surface area contributed by atoms with Crippen LogP contribution in [0.15, 0.2) is 53.3 Å². The van der Waals surface area contributed by atoms with Crippen molar-refractivity contribution in [1.82, 2.24) is 4.98 Å². The standard InChI is InChI=1S/C20H19NO5/c1-2-26-17(23)11-15(12-6-5-7-13(22)10-12)18-19(24)14-8-3-4-9-16(14)21-20(18)25/h3-10,15,22H,2,11H2,1H3,(H2,21,24,25). The van der Waals surface area contributed by atoms with Gasteiger partial charge in [0.15, 0.2) is 0 Å². The summed E-state index contributed by atoms with van der Waals surface area (Å²) in [6.45, 7) is 1.91. The molecule has 0 radical (unpaired) electrons. The molecule has 1 aromatic heterocycles. The second kappa shape index (κ2) is 7.31. The average Bonchev–Trinajstić information content (AvgIpc) is 2.61. The Morgan fingerprint density at radius 1 is 1.15 bits per heavy atom. The number of phenolic OH excluding ortho intramolecular Hbond substituents is 1. The summed E-state index contributed by atoms with van der Waals surface area (Å²) in [6, 6.07) is 13.2. The van der Waals surface area contributed by atoms with Gasteiger partial charge in [-0.15, -0.1) is 0 Å². The molecule has 3 aromatic rings. The number of aromatic nitrogens is 1. The molecule has 6 nitrogen and oxygen atoms in total. The molecule has 0 saturated carbocycles. The molecule has 0 spiro atoms. The molecule has 2 aromatic carbocycles. The van der Waals surface area contributed by atoms with Crippen LogP contribution in [-0.4, -0.2) is 27.8 Å². The summed E-state index contributed by atoms with van der Waals surface area (Å²) in [5, 5.41) is 21.0. The zero-order valence-electron chi connectivity index (χ0n) is 14.2. The molecule has 6 heteroatoms. The van der Waals surface area contributed by atoms with Crippen LogP contribution in [0.3, 0.4) is 0 Å². The van der Waals surface area contributed by atoms with E-state index in [1.807, 2.05) is 0 Å². The molecule has 0 aliphatic carbocycles. The molecule has 0 amide bonds. The molecule has 26 heavy (non-hydrogen) atoms. The van der Waals surface area contributed by atoms with Crippen molar-refractivity contribution in [3.63, 3.8) is 0 Å². The first-order valence-electron chi connectivity index (χ1n) is 8.29. The Morgan fingerprint density at radius 2 is 1.92 bits per heavy atom. The van der Waals surface area contributed by atoms with Crippen molar-refractivity contribution >= 4 is 16.9 Å². The molecule has 1 heterocycles. The maximum Gasteiger partial charge on any atom is 0.306 e. The van der Waals surface area contributed by atoms with Crippen LogP contribution in [0.2, 0.25) is 0 Å². The number of H-pyrrole nitrogens is 1. The molecule has 0 saturated heterocycles. The van der Waals surface area contributed by atoms with Gasteiger partial charge in [0.2, 0.25) is 0 Å². The van der Waals surface area contributed by atoms with Gasteiger partial charge in [-0.3, -0.25) is 9.59 Å². The van der Waals surface area contributed by atoms with Gasteiger partial charge in [0.05, 0.1) is 24.1 Å². The minimum Gasteiger partial charge on any atom is -0.508 e. The van der Waals surface area contributed by atoms with Gasteiger partial charge in [0.25, 0.3) is 5.56 Å². The van der Waals surface area contributed by atoms with Crippen LogP contribution in [0.25, 0.3) is 10.9 Å². The number of rotatable bonds is 5. The van der Waals surface area contributed by atoms with Crippen LogP contribution in [0, 0.1) is 0 Å². The third-order valence-corrected chi connectivity index (χ3v) is 4.23. The lowest BCUT2D eigenvalue weighted by molar-refractivity contribution is -0.143. The Bertz CT molecular complexity index is 1010. The first-order chi connectivity index (χ1) is 12.5. The number of pyridine rings is 1. The maximum atomic E-state index is 12.7. The predicted octanol–water partition coefficient (Wildman–Crippen LogP) is 3.02. The highest BCUT2D eigenvalue weighted by molar-refractivity contribution is 5.86.